The highest BCUT2D eigenvalue weighted by Crippen LogP contribution is 2.31. The molecule has 4 heterocycles. The Balaban J connectivity index is 1.38. The van der Waals surface area contributed by atoms with Crippen molar-refractivity contribution in [2.45, 2.75) is 44.7 Å². The number of fused-ring (bicyclic) bond motifs is 2. The molecule has 0 radical (unpaired) electrons. The lowest BCUT2D eigenvalue weighted by Gasteiger charge is -2.29. The van der Waals surface area contributed by atoms with Gasteiger partial charge >= 0.3 is 0 Å². The number of amides is 3. The highest BCUT2D eigenvalue weighted by molar-refractivity contribution is 6.06. The monoisotopic (exact) mass is 382 g/mol. The number of nitrogens with one attached hydrogen (secondary N) is 2. The molecule has 146 valence electrons. The molecule has 8 nitrogen and oxygen atoms in total. The van der Waals surface area contributed by atoms with Gasteiger partial charge in [0.25, 0.3) is 5.91 Å². The van der Waals surface area contributed by atoms with Gasteiger partial charge in [0.1, 0.15) is 11.6 Å². The van der Waals surface area contributed by atoms with E-state index in [-0.39, 0.29) is 18.2 Å². The van der Waals surface area contributed by atoms with Crippen LogP contribution in [0, 0.1) is 5.92 Å². The molecule has 1 aromatic heterocycles. The average molecular weight is 382 g/mol. The van der Waals surface area contributed by atoms with Gasteiger partial charge in [0.2, 0.25) is 11.8 Å². The van der Waals surface area contributed by atoms with Gasteiger partial charge < -0.3 is 14.6 Å². The van der Waals surface area contributed by atoms with E-state index in [0.717, 1.165) is 43.8 Å². The molecule has 1 aromatic carbocycles. The number of rotatable bonds is 3. The fraction of sp³-hybridized carbons (Fsp3) is 0.500. The first-order valence-corrected chi connectivity index (χ1v) is 9.86. The Morgan fingerprint density at radius 3 is 2.75 bits per heavy atom. The molecule has 5 rings (SSSR count). The van der Waals surface area contributed by atoms with E-state index in [1.807, 2.05) is 6.07 Å². The fourth-order valence-corrected chi connectivity index (χ4v) is 4.45. The van der Waals surface area contributed by atoms with Gasteiger partial charge in [-0.15, -0.1) is 0 Å². The lowest BCUT2D eigenvalue weighted by atomic mass is 9.95. The molecule has 0 spiro atoms. The van der Waals surface area contributed by atoms with Gasteiger partial charge in [-0.2, -0.15) is 0 Å². The second kappa shape index (κ2) is 6.70. The van der Waals surface area contributed by atoms with E-state index >= 15 is 0 Å². The molecule has 3 aliphatic rings. The van der Waals surface area contributed by atoms with E-state index in [2.05, 4.69) is 15.6 Å². The molecule has 0 saturated carbocycles. The van der Waals surface area contributed by atoms with Crippen LogP contribution in [-0.2, 0) is 22.6 Å². The Morgan fingerprint density at radius 1 is 1.14 bits per heavy atom. The topological polar surface area (TPSA) is 105 Å². The van der Waals surface area contributed by atoms with Crippen LogP contribution in [-0.4, -0.2) is 46.7 Å². The zero-order chi connectivity index (χ0) is 19.3. The predicted molar refractivity (Wildman–Crippen MR) is 99.4 cm³/mol. The Morgan fingerprint density at radius 2 is 1.96 bits per heavy atom. The predicted octanol–water partition coefficient (Wildman–Crippen LogP) is 1.13. The van der Waals surface area contributed by atoms with Crippen molar-refractivity contribution in [3.8, 4) is 0 Å². The summed E-state index contributed by atoms with van der Waals surface area (Å²) in [5.74, 6) is 0.428. The number of aromatic nitrogens is 1. The molecule has 1 atom stereocenters. The van der Waals surface area contributed by atoms with E-state index in [1.54, 1.807) is 11.0 Å². The van der Waals surface area contributed by atoms with Crippen LogP contribution in [0.2, 0.25) is 0 Å². The summed E-state index contributed by atoms with van der Waals surface area (Å²) in [6.07, 6.45) is 3.67. The molecule has 2 N–H and O–H groups in total. The molecule has 0 aliphatic carbocycles. The lowest BCUT2D eigenvalue weighted by Crippen LogP contribution is -2.52. The molecule has 2 saturated heterocycles. The largest absolute Gasteiger partial charge is 0.441 e. The van der Waals surface area contributed by atoms with Gasteiger partial charge in [0, 0.05) is 24.9 Å². The minimum atomic E-state index is -0.604. The highest BCUT2D eigenvalue weighted by atomic mass is 16.3. The van der Waals surface area contributed by atoms with Crippen molar-refractivity contribution in [2.75, 3.05) is 13.1 Å². The number of carbonyl (C=O) groups is 3. The van der Waals surface area contributed by atoms with Crippen molar-refractivity contribution in [3.05, 3.63) is 29.2 Å². The zero-order valence-electron chi connectivity index (χ0n) is 15.5. The molecule has 3 amide bonds. The van der Waals surface area contributed by atoms with Crippen LogP contribution < -0.4 is 10.6 Å². The van der Waals surface area contributed by atoms with Crippen molar-refractivity contribution < 1.29 is 18.8 Å². The number of imide groups is 1. The van der Waals surface area contributed by atoms with Crippen molar-refractivity contribution in [1.82, 2.24) is 20.5 Å². The lowest BCUT2D eigenvalue weighted by molar-refractivity contribution is -0.136. The number of oxazole rings is 1. The maximum Gasteiger partial charge on any atom is 0.255 e. The first kappa shape index (κ1) is 17.4. The number of hydrogen-bond acceptors (Lipinski definition) is 6. The second-order valence-corrected chi connectivity index (χ2v) is 7.88. The Hall–Kier alpha value is -2.74. The molecule has 2 aromatic rings. The summed E-state index contributed by atoms with van der Waals surface area (Å²) < 4.78 is 5.96. The van der Waals surface area contributed by atoms with Crippen LogP contribution in [0.1, 0.15) is 47.5 Å². The van der Waals surface area contributed by atoms with E-state index in [9.17, 15) is 14.4 Å². The number of nitrogens with zero attached hydrogens (tertiary/aromatic N) is 2. The summed E-state index contributed by atoms with van der Waals surface area (Å²) in [6.45, 7) is 2.41. The maximum atomic E-state index is 12.9. The Kier molecular flexibility index (Phi) is 4.16. The van der Waals surface area contributed by atoms with Gasteiger partial charge in [-0.25, -0.2) is 4.98 Å². The summed E-state index contributed by atoms with van der Waals surface area (Å²) >= 11 is 0. The van der Waals surface area contributed by atoms with E-state index in [4.69, 9.17) is 4.42 Å². The number of carbonyl (C=O) groups excluding carboxylic acids is 3. The van der Waals surface area contributed by atoms with Crippen LogP contribution >= 0.6 is 0 Å². The number of hydrogen-bond donors (Lipinski definition) is 2. The van der Waals surface area contributed by atoms with Crippen molar-refractivity contribution >= 4 is 28.8 Å². The van der Waals surface area contributed by atoms with Gasteiger partial charge in [-0.3, -0.25) is 19.7 Å². The summed E-state index contributed by atoms with van der Waals surface area (Å²) in [7, 11) is 0. The summed E-state index contributed by atoms with van der Waals surface area (Å²) in [5, 5.41) is 5.68. The molecular formula is C20H22N4O4. The molecule has 0 bridgehead atoms. The van der Waals surface area contributed by atoms with Crippen LogP contribution in [0.4, 0.5) is 0 Å². The molecular weight excluding hydrogens is 360 g/mol. The van der Waals surface area contributed by atoms with Crippen molar-refractivity contribution in [1.29, 1.82) is 0 Å². The molecule has 8 heteroatoms. The van der Waals surface area contributed by atoms with Gasteiger partial charge in [-0.05, 0) is 56.0 Å². The van der Waals surface area contributed by atoms with Gasteiger partial charge in [0.15, 0.2) is 11.5 Å². The maximum absolute atomic E-state index is 12.9. The van der Waals surface area contributed by atoms with Crippen LogP contribution in [0.5, 0.6) is 0 Å². The third kappa shape index (κ3) is 2.97. The van der Waals surface area contributed by atoms with E-state index in [0.29, 0.717) is 35.5 Å². The smallest absolute Gasteiger partial charge is 0.255 e. The van der Waals surface area contributed by atoms with E-state index < -0.39 is 11.9 Å². The summed E-state index contributed by atoms with van der Waals surface area (Å²) in [5.41, 5.74) is 2.77. The third-order valence-electron chi connectivity index (χ3n) is 6.00. The standard InChI is InChI=1S/C20H22N4O4/c25-17-2-1-15(19(26)23-17)24-10-12-8-16-14(9-13(12)20(24)27)22-18(28-16)7-11-3-5-21-6-4-11/h8-9,11,15,21H,1-7,10H2,(H,23,25,26). The van der Waals surface area contributed by atoms with Gasteiger partial charge in [-0.1, -0.05) is 0 Å². The molecule has 28 heavy (non-hydrogen) atoms. The minimum Gasteiger partial charge on any atom is -0.441 e. The van der Waals surface area contributed by atoms with E-state index in [1.165, 1.54) is 0 Å². The first-order valence-electron chi connectivity index (χ1n) is 9.86. The average Bonchev–Trinajstić information content (AvgIpc) is 3.21. The quantitative estimate of drug-likeness (QED) is 0.771. The first-order chi connectivity index (χ1) is 13.6. The zero-order valence-corrected chi connectivity index (χ0v) is 15.5. The van der Waals surface area contributed by atoms with Crippen LogP contribution in [0.25, 0.3) is 11.1 Å². The van der Waals surface area contributed by atoms with Crippen molar-refractivity contribution in [3.63, 3.8) is 0 Å². The Bertz CT molecular complexity index is 976. The van der Waals surface area contributed by atoms with Gasteiger partial charge in [0.05, 0.1) is 0 Å². The highest BCUT2D eigenvalue weighted by Gasteiger charge is 2.39. The van der Waals surface area contributed by atoms with Crippen LogP contribution in [0.15, 0.2) is 16.5 Å². The molecule has 1 unspecified atom stereocenters. The van der Waals surface area contributed by atoms with Crippen LogP contribution in [0.3, 0.4) is 0 Å². The second-order valence-electron chi connectivity index (χ2n) is 7.88. The Labute approximate surface area is 161 Å². The third-order valence-corrected chi connectivity index (χ3v) is 6.00. The number of piperidine rings is 2. The minimum absolute atomic E-state index is 0.186. The normalized spacial score (nSPS) is 23.4. The summed E-state index contributed by atoms with van der Waals surface area (Å²) in [4.78, 5) is 42.5. The SMILES string of the molecule is O=C1CCC(N2Cc3cc4oc(CC5CCNCC5)nc4cc3C2=O)C(=O)N1. The molecule has 3 aliphatic heterocycles. The fourth-order valence-electron chi connectivity index (χ4n) is 4.45. The molecule has 2 fully saturated rings. The summed E-state index contributed by atoms with van der Waals surface area (Å²) in [6, 6.07) is 3.04. The number of benzene rings is 1. The van der Waals surface area contributed by atoms with Crippen molar-refractivity contribution in [2.24, 2.45) is 5.92 Å².